The third kappa shape index (κ3) is 8.50. The highest BCUT2D eigenvalue weighted by molar-refractivity contribution is 5.90. The van der Waals surface area contributed by atoms with Gasteiger partial charge in [0.2, 0.25) is 0 Å². The van der Waals surface area contributed by atoms with Crippen LogP contribution in [-0.2, 0) is 11.2 Å². The number of carbonyl (C=O) groups excluding carboxylic acids is 1. The van der Waals surface area contributed by atoms with Crippen molar-refractivity contribution >= 4 is 12.0 Å². The van der Waals surface area contributed by atoms with E-state index in [0.717, 1.165) is 43.8 Å². The molecule has 0 saturated heterocycles. The number of aryl methyl sites for hydroxylation is 1. The van der Waals surface area contributed by atoms with Crippen LogP contribution >= 0.6 is 0 Å². The van der Waals surface area contributed by atoms with Crippen molar-refractivity contribution in [2.24, 2.45) is 0 Å². The zero-order valence-electron chi connectivity index (χ0n) is 16.5. The van der Waals surface area contributed by atoms with E-state index < -0.39 is 5.91 Å². The molecule has 1 rings (SSSR count). The number of nitrogens with zero attached hydrogens (tertiary/aromatic N) is 1. The summed E-state index contributed by atoms with van der Waals surface area (Å²) in [5, 5.41) is 8.59. The van der Waals surface area contributed by atoms with Crippen LogP contribution in [0.5, 0.6) is 5.75 Å². The van der Waals surface area contributed by atoms with Crippen LogP contribution in [0.1, 0.15) is 57.6 Å². The lowest BCUT2D eigenvalue weighted by molar-refractivity contribution is -0.124. The molecule has 1 aromatic rings. The van der Waals surface area contributed by atoms with Gasteiger partial charge in [-0.2, -0.15) is 0 Å². The average Bonchev–Trinajstić information content (AvgIpc) is 2.67. The van der Waals surface area contributed by atoms with Gasteiger partial charge in [-0.05, 0) is 55.3 Å². The number of amides is 1. The second-order valence-electron chi connectivity index (χ2n) is 6.36. The van der Waals surface area contributed by atoms with Gasteiger partial charge in [-0.3, -0.25) is 10.0 Å². The second kappa shape index (κ2) is 13.4. The Morgan fingerprint density at radius 1 is 1.19 bits per heavy atom. The van der Waals surface area contributed by atoms with Gasteiger partial charge in [0.25, 0.3) is 5.91 Å². The minimum atomic E-state index is -0.533. The van der Waals surface area contributed by atoms with Crippen molar-refractivity contribution in [1.29, 1.82) is 0 Å². The molecule has 0 atom stereocenters. The Bertz CT molecular complexity index is 554. The van der Waals surface area contributed by atoms with Crippen molar-refractivity contribution in [3.63, 3.8) is 0 Å². The summed E-state index contributed by atoms with van der Waals surface area (Å²) >= 11 is 0. The van der Waals surface area contributed by atoms with E-state index in [0.29, 0.717) is 6.61 Å². The van der Waals surface area contributed by atoms with Gasteiger partial charge in [0.1, 0.15) is 12.4 Å². The Labute approximate surface area is 158 Å². The van der Waals surface area contributed by atoms with Crippen LogP contribution in [0.4, 0.5) is 0 Å². The predicted octanol–water partition coefficient (Wildman–Crippen LogP) is 4.05. The lowest BCUT2D eigenvalue weighted by Crippen LogP contribution is -2.28. The number of benzene rings is 1. The van der Waals surface area contributed by atoms with Gasteiger partial charge in [0.05, 0.1) is 0 Å². The molecule has 0 spiro atoms. The summed E-state index contributed by atoms with van der Waals surface area (Å²) in [6.45, 7) is 10.2. The number of carbonyl (C=O) groups is 1. The topological polar surface area (TPSA) is 61.8 Å². The zero-order chi connectivity index (χ0) is 19.2. The van der Waals surface area contributed by atoms with Crippen molar-refractivity contribution in [1.82, 2.24) is 10.4 Å². The summed E-state index contributed by atoms with van der Waals surface area (Å²) in [4.78, 5) is 13.5. The molecule has 0 heterocycles. The Morgan fingerprint density at radius 2 is 1.96 bits per heavy atom. The first kappa shape index (κ1) is 22.2. The predicted molar refractivity (Wildman–Crippen MR) is 107 cm³/mol. The summed E-state index contributed by atoms with van der Waals surface area (Å²) in [5.41, 5.74) is 3.70. The standard InChI is InChI=1S/C21H34N2O3/c1-4-7-8-9-10-19-17-18(12-14-21(24)22-25)11-13-20(19)26-16-15-23(5-2)6-3/h11-14,17,25H,4-10,15-16H2,1-3H3,(H,22,24)/b14-12+. The number of rotatable bonds is 13. The SMILES string of the molecule is CCCCCCc1cc(/C=C/C(=O)NO)ccc1OCCN(CC)CC. The van der Waals surface area contributed by atoms with Crippen LogP contribution in [-0.4, -0.2) is 42.3 Å². The van der Waals surface area contributed by atoms with E-state index in [4.69, 9.17) is 9.94 Å². The minimum Gasteiger partial charge on any atom is -0.492 e. The van der Waals surface area contributed by atoms with Gasteiger partial charge >= 0.3 is 0 Å². The molecule has 2 N–H and O–H groups in total. The van der Waals surface area contributed by atoms with Gasteiger partial charge in [0.15, 0.2) is 0 Å². The quantitative estimate of drug-likeness (QED) is 0.240. The van der Waals surface area contributed by atoms with E-state index in [1.807, 2.05) is 12.1 Å². The highest BCUT2D eigenvalue weighted by Crippen LogP contribution is 2.23. The maximum atomic E-state index is 11.2. The Morgan fingerprint density at radius 3 is 2.62 bits per heavy atom. The highest BCUT2D eigenvalue weighted by Gasteiger charge is 2.07. The van der Waals surface area contributed by atoms with Crippen LogP contribution in [0.2, 0.25) is 0 Å². The van der Waals surface area contributed by atoms with E-state index in [9.17, 15) is 4.79 Å². The van der Waals surface area contributed by atoms with Gasteiger partial charge in [-0.1, -0.05) is 46.1 Å². The van der Waals surface area contributed by atoms with Crippen LogP contribution in [0, 0.1) is 0 Å². The number of nitrogens with one attached hydrogen (secondary N) is 1. The lowest BCUT2D eigenvalue weighted by atomic mass is 10.0. The number of likely N-dealkylation sites (N-methyl/N-ethyl adjacent to an activating group) is 1. The maximum Gasteiger partial charge on any atom is 0.267 e. The fourth-order valence-electron chi connectivity index (χ4n) is 2.82. The number of hydrogen-bond acceptors (Lipinski definition) is 4. The van der Waals surface area contributed by atoms with Gasteiger partial charge in [0, 0.05) is 12.6 Å². The van der Waals surface area contributed by atoms with Gasteiger partial charge in [-0.15, -0.1) is 0 Å². The molecule has 26 heavy (non-hydrogen) atoms. The third-order valence-corrected chi connectivity index (χ3v) is 4.48. The summed E-state index contributed by atoms with van der Waals surface area (Å²) in [5.74, 6) is 0.395. The van der Waals surface area contributed by atoms with Crippen molar-refractivity contribution < 1.29 is 14.7 Å². The van der Waals surface area contributed by atoms with E-state index in [-0.39, 0.29) is 0 Å². The molecule has 0 aromatic heterocycles. The molecule has 5 nitrogen and oxygen atoms in total. The molecule has 1 aromatic carbocycles. The van der Waals surface area contributed by atoms with E-state index in [1.165, 1.54) is 30.9 Å². The van der Waals surface area contributed by atoms with Crippen LogP contribution in [0.15, 0.2) is 24.3 Å². The summed E-state index contributed by atoms with van der Waals surface area (Å²) < 4.78 is 6.05. The van der Waals surface area contributed by atoms with Gasteiger partial charge in [-0.25, -0.2) is 5.48 Å². The monoisotopic (exact) mass is 362 g/mol. The van der Waals surface area contributed by atoms with Crippen molar-refractivity contribution in [2.45, 2.75) is 52.9 Å². The molecule has 0 bridgehead atoms. The molecule has 1 amide bonds. The number of ether oxygens (including phenoxy) is 1. The molecule has 0 unspecified atom stereocenters. The second-order valence-corrected chi connectivity index (χ2v) is 6.36. The Kier molecular flexibility index (Phi) is 11.4. The van der Waals surface area contributed by atoms with Crippen LogP contribution in [0.25, 0.3) is 6.08 Å². The number of unbranched alkanes of at least 4 members (excludes halogenated alkanes) is 3. The lowest BCUT2D eigenvalue weighted by Gasteiger charge is -2.19. The Hall–Kier alpha value is -1.85. The fourth-order valence-corrected chi connectivity index (χ4v) is 2.82. The zero-order valence-corrected chi connectivity index (χ0v) is 16.5. The third-order valence-electron chi connectivity index (χ3n) is 4.48. The number of hydrogen-bond donors (Lipinski definition) is 2. The molecular formula is C21H34N2O3. The average molecular weight is 363 g/mol. The van der Waals surface area contributed by atoms with Crippen molar-refractivity contribution in [3.05, 3.63) is 35.4 Å². The summed E-state index contributed by atoms with van der Waals surface area (Å²) in [7, 11) is 0. The first-order chi connectivity index (χ1) is 12.6. The molecule has 146 valence electrons. The molecule has 0 saturated carbocycles. The summed E-state index contributed by atoms with van der Waals surface area (Å²) in [6.07, 6.45) is 8.78. The van der Waals surface area contributed by atoms with E-state index in [2.05, 4.69) is 31.7 Å². The van der Waals surface area contributed by atoms with E-state index >= 15 is 0 Å². The first-order valence-electron chi connectivity index (χ1n) is 9.74. The molecule has 0 radical (unpaired) electrons. The van der Waals surface area contributed by atoms with Crippen LogP contribution in [0.3, 0.4) is 0 Å². The highest BCUT2D eigenvalue weighted by atomic mass is 16.5. The maximum absolute atomic E-state index is 11.2. The Balaban J connectivity index is 2.78. The van der Waals surface area contributed by atoms with Crippen LogP contribution < -0.4 is 10.2 Å². The smallest absolute Gasteiger partial charge is 0.267 e. The largest absolute Gasteiger partial charge is 0.492 e. The van der Waals surface area contributed by atoms with Gasteiger partial charge < -0.3 is 9.64 Å². The molecular weight excluding hydrogens is 328 g/mol. The molecule has 0 aliphatic carbocycles. The fraction of sp³-hybridized carbons (Fsp3) is 0.571. The minimum absolute atomic E-state index is 0.533. The normalized spacial score (nSPS) is 11.3. The number of hydroxylamine groups is 1. The van der Waals surface area contributed by atoms with Crippen molar-refractivity contribution in [2.75, 3.05) is 26.2 Å². The molecule has 0 aliphatic heterocycles. The molecule has 0 fully saturated rings. The molecule has 0 aliphatic rings. The summed E-state index contributed by atoms with van der Waals surface area (Å²) in [6, 6.07) is 5.98. The van der Waals surface area contributed by atoms with Crippen molar-refractivity contribution in [3.8, 4) is 5.75 Å². The first-order valence-corrected chi connectivity index (χ1v) is 9.74. The van der Waals surface area contributed by atoms with E-state index in [1.54, 1.807) is 11.6 Å². The molecule has 5 heteroatoms.